The van der Waals surface area contributed by atoms with Crippen molar-refractivity contribution < 1.29 is 5.11 Å². The molecule has 8 nitrogen and oxygen atoms in total. The number of nitrogens with zero attached hydrogens (tertiary/aromatic N) is 4. The first-order chi connectivity index (χ1) is 10.4. The molecule has 8 heteroatoms. The van der Waals surface area contributed by atoms with Crippen LogP contribution in [-0.4, -0.2) is 63.5 Å². The fourth-order valence-electron chi connectivity index (χ4n) is 2.34. The second kappa shape index (κ2) is 6.61. The molecule has 22 heavy (non-hydrogen) atoms. The number of aromatic nitrogens is 2. The Hall–Kier alpha value is -2.35. The van der Waals surface area contributed by atoms with Crippen LogP contribution < -0.4 is 11.2 Å². The van der Waals surface area contributed by atoms with Crippen molar-refractivity contribution in [1.29, 1.82) is 0 Å². The van der Waals surface area contributed by atoms with Crippen LogP contribution in [0.4, 0.5) is 0 Å². The first kappa shape index (κ1) is 16.0. The Labute approximate surface area is 128 Å². The van der Waals surface area contributed by atoms with Crippen molar-refractivity contribution in [3.63, 3.8) is 0 Å². The molecule has 0 aromatic carbocycles. The van der Waals surface area contributed by atoms with Crippen molar-refractivity contribution in [3.05, 3.63) is 39.1 Å². The summed E-state index contributed by atoms with van der Waals surface area (Å²) in [5.74, 6) is -0.385. The van der Waals surface area contributed by atoms with Crippen molar-refractivity contribution >= 4 is 5.71 Å². The van der Waals surface area contributed by atoms with Crippen LogP contribution in [-0.2, 0) is 6.54 Å². The zero-order valence-corrected chi connectivity index (χ0v) is 12.9. The zero-order valence-electron chi connectivity index (χ0n) is 12.9. The van der Waals surface area contributed by atoms with Gasteiger partial charge in [0.25, 0.3) is 5.56 Å². The number of hydrazone groups is 1. The molecule has 2 rings (SSSR count). The third kappa shape index (κ3) is 3.28. The first-order valence-electron chi connectivity index (χ1n) is 7.10. The van der Waals surface area contributed by atoms with Crippen LogP contribution in [0.15, 0.2) is 27.3 Å². The Morgan fingerprint density at radius 3 is 2.59 bits per heavy atom. The third-order valence-electron chi connectivity index (χ3n) is 3.62. The van der Waals surface area contributed by atoms with Crippen LogP contribution in [0.2, 0.25) is 0 Å². The minimum Gasteiger partial charge on any atom is -0.494 e. The Balaban J connectivity index is 2.39. The van der Waals surface area contributed by atoms with Crippen molar-refractivity contribution in [2.45, 2.75) is 13.5 Å². The van der Waals surface area contributed by atoms with Gasteiger partial charge in [0.2, 0.25) is 5.88 Å². The van der Waals surface area contributed by atoms with Gasteiger partial charge in [0.15, 0.2) is 0 Å². The Morgan fingerprint density at radius 1 is 1.36 bits per heavy atom. The molecule has 1 aromatic heterocycles. The molecule has 1 saturated heterocycles. The highest BCUT2D eigenvalue weighted by Gasteiger charge is 2.18. The van der Waals surface area contributed by atoms with Gasteiger partial charge in [-0.05, 0) is 14.0 Å². The van der Waals surface area contributed by atoms with Crippen molar-refractivity contribution in [2.75, 3.05) is 33.2 Å². The normalized spacial score (nSPS) is 16.8. The van der Waals surface area contributed by atoms with E-state index in [1.807, 2.05) is 12.1 Å². The SMILES string of the molecule is C=CCn1c(O)c(/C(C)=N/N2CCN(C)CC2)c(=O)[nH]c1=O. The predicted octanol–water partition coefficient (Wildman–Crippen LogP) is -0.600. The Kier molecular flexibility index (Phi) is 4.81. The summed E-state index contributed by atoms with van der Waals surface area (Å²) < 4.78 is 1.05. The summed E-state index contributed by atoms with van der Waals surface area (Å²) in [6.07, 6.45) is 1.47. The van der Waals surface area contributed by atoms with E-state index in [4.69, 9.17) is 0 Å². The molecule has 0 radical (unpaired) electrons. The van der Waals surface area contributed by atoms with Gasteiger partial charge in [0.05, 0.1) is 5.71 Å². The standard InChI is InChI=1S/C14H21N5O3/c1-4-5-19-13(21)11(12(20)15-14(19)22)10(2)16-18-8-6-17(3)7-9-18/h4,21H,1,5-9H2,2-3H3,(H,15,20,22)/b16-10+. The van der Waals surface area contributed by atoms with Crippen LogP contribution in [0, 0.1) is 0 Å². The fraction of sp³-hybridized carbons (Fsp3) is 0.500. The summed E-state index contributed by atoms with van der Waals surface area (Å²) in [6.45, 7) is 8.55. The van der Waals surface area contributed by atoms with Gasteiger partial charge in [-0.3, -0.25) is 19.4 Å². The maximum absolute atomic E-state index is 12.0. The highest BCUT2D eigenvalue weighted by atomic mass is 16.3. The van der Waals surface area contributed by atoms with E-state index in [-0.39, 0.29) is 18.0 Å². The highest BCUT2D eigenvalue weighted by Crippen LogP contribution is 2.12. The molecule has 120 valence electrons. The van der Waals surface area contributed by atoms with E-state index in [0.29, 0.717) is 5.71 Å². The predicted molar refractivity (Wildman–Crippen MR) is 84.5 cm³/mol. The topological polar surface area (TPSA) is 93.9 Å². The van der Waals surface area contributed by atoms with Gasteiger partial charge < -0.3 is 10.0 Å². The molecule has 2 N–H and O–H groups in total. The van der Waals surface area contributed by atoms with Crippen LogP contribution in [0.3, 0.4) is 0 Å². The van der Waals surface area contributed by atoms with Gasteiger partial charge in [-0.2, -0.15) is 5.10 Å². The van der Waals surface area contributed by atoms with Gasteiger partial charge in [-0.1, -0.05) is 6.08 Å². The van der Waals surface area contributed by atoms with Gasteiger partial charge in [0.1, 0.15) is 5.56 Å². The molecule has 0 bridgehead atoms. The minimum atomic E-state index is -0.668. The quantitative estimate of drug-likeness (QED) is 0.572. The molecule has 2 heterocycles. The fourth-order valence-corrected chi connectivity index (χ4v) is 2.34. The third-order valence-corrected chi connectivity index (χ3v) is 3.62. The number of likely N-dealkylation sites (N-methyl/N-ethyl adjacent to an activating group) is 1. The van der Waals surface area contributed by atoms with Gasteiger partial charge >= 0.3 is 5.69 Å². The highest BCUT2D eigenvalue weighted by molar-refractivity contribution is 6.00. The lowest BCUT2D eigenvalue weighted by molar-refractivity contribution is 0.159. The molecule has 1 aliphatic rings. The average Bonchev–Trinajstić information content (AvgIpc) is 2.45. The van der Waals surface area contributed by atoms with Crippen molar-refractivity contribution in [3.8, 4) is 5.88 Å². The molecule has 0 spiro atoms. The maximum Gasteiger partial charge on any atom is 0.331 e. The van der Waals surface area contributed by atoms with E-state index >= 15 is 0 Å². The number of hydrogen-bond donors (Lipinski definition) is 2. The van der Waals surface area contributed by atoms with E-state index in [0.717, 1.165) is 30.7 Å². The molecule has 0 aliphatic carbocycles. The van der Waals surface area contributed by atoms with E-state index in [1.165, 1.54) is 6.08 Å². The summed E-state index contributed by atoms with van der Waals surface area (Å²) >= 11 is 0. The number of piperazine rings is 1. The molecule has 1 aliphatic heterocycles. The number of H-pyrrole nitrogens is 1. The molecule has 0 unspecified atom stereocenters. The van der Waals surface area contributed by atoms with Crippen LogP contribution in [0.25, 0.3) is 0 Å². The smallest absolute Gasteiger partial charge is 0.331 e. The van der Waals surface area contributed by atoms with Gasteiger partial charge in [0, 0.05) is 32.7 Å². The van der Waals surface area contributed by atoms with E-state index in [1.54, 1.807) is 6.92 Å². The minimum absolute atomic E-state index is 0.0142. The lowest BCUT2D eigenvalue weighted by atomic mass is 10.2. The second-order valence-electron chi connectivity index (χ2n) is 5.30. The first-order valence-corrected chi connectivity index (χ1v) is 7.10. The molecule has 1 fully saturated rings. The Bertz CT molecular complexity index is 695. The largest absolute Gasteiger partial charge is 0.494 e. The van der Waals surface area contributed by atoms with E-state index < -0.39 is 11.2 Å². The zero-order chi connectivity index (χ0) is 16.3. The number of aromatic amines is 1. The lowest BCUT2D eigenvalue weighted by Crippen LogP contribution is -2.42. The molecular weight excluding hydrogens is 286 g/mol. The number of nitrogens with one attached hydrogen (secondary N) is 1. The van der Waals surface area contributed by atoms with Crippen LogP contribution in [0.1, 0.15) is 12.5 Å². The summed E-state index contributed by atoms with van der Waals surface area (Å²) in [5.41, 5.74) is -0.918. The van der Waals surface area contributed by atoms with E-state index in [9.17, 15) is 14.7 Å². The molecule has 0 atom stereocenters. The average molecular weight is 307 g/mol. The summed E-state index contributed by atoms with van der Waals surface area (Å²) in [5, 5.41) is 16.5. The summed E-state index contributed by atoms with van der Waals surface area (Å²) in [7, 11) is 2.04. The number of hydrogen-bond acceptors (Lipinski definition) is 6. The van der Waals surface area contributed by atoms with Gasteiger partial charge in [-0.15, -0.1) is 6.58 Å². The molecule has 0 saturated carbocycles. The Morgan fingerprint density at radius 2 is 2.00 bits per heavy atom. The monoisotopic (exact) mass is 307 g/mol. The molecular formula is C14H21N5O3. The van der Waals surface area contributed by atoms with Crippen molar-refractivity contribution in [2.24, 2.45) is 5.10 Å². The number of rotatable bonds is 4. The van der Waals surface area contributed by atoms with Gasteiger partial charge in [-0.25, -0.2) is 4.79 Å². The second-order valence-corrected chi connectivity index (χ2v) is 5.30. The maximum atomic E-state index is 12.0. The van der Waals surface area contributed by atoms with Crippen LogP contribution >= 0.6 is 0 Å². The number of allylic oxidation sites excluding steroid dienone is 1. The summed E-state index contributed by atoms with van der Waals surface area (Å²) in [6, 6.07) is 0. The molecule has 0 amide bonds. The lowest BCUT2D eigenvalue weighted by Gasteiger charge is -2.30. The number of aromatic hydroxyl groups is 1. The van der Waals surface area contributed by atoms with Crippen LogP contribution in [0.5, 0.6) is 5.88 Å². The van der Waals surface area contributed by atoms with Crippen molar-refractivity contribution in [1.82, 2.24) is 19.5 Å². The van der Waals surface area contributed by atoms with E-state index in [2.05, 4.69) is 21.6 Å². The molecule has 1 aromatic rings. The summed E-state index contributed by atoms with van der Waals surface area (Å²) in [4.78, 5) is 28.1.